The molecule has 1 aromatic heterocycles. The van der Waals surface area contributed by atoms with E-state index in [9.17, 15) is 4.79 Å². The van der Waals surface area contributed by atoms with Crippen LogP contribution in [-0.4, -0.2) is 19.0 Å². The molecule has 3 aromatic rings. The smallest absolute Gasteiger partial charge is 0.291 e. The van der Waals surface area contributed by atoms with Gasteiger partial charge in [0, 0.05) is 24.5 Å². The van der Waals surface area contributed by atoms with Crippen LogP contribution in [0.3, 0.4) is 0 Å². The fraction of sp³-hybridized carbons (Fsp3) is 0.292. The third-order valence-corrected chi connectivity index (χ3v) is 4.87. The van der Waals surface area contributed by atoms with E-state index in [1.165, 1.54) is 5.56 Å². The number of hydrogen-bond acceptors (Lipinski definition) is 4. The molecule has 152 valence electrons. The van der Waals surface area contributed by atoms with Gasteiger partial charge in [0.05, 0.1) is 0 Å². The Morgan fingerprint density at radius 1 is 1.00 bits per heavy atom. The van der Waals surface area contributed by atoms with Gasteiger partial charge in [0.2, 0.25) is 0 Å². The summed E-state index contributed by atoms with van der Waals surface area (Å²) in [6.45, 7) is 10.4. The van der Waals surface area contributed by atoms with Gasteiger partial charge in [-0.15, -0.1) is 0 Å². The second kappa shape index (κ2) is 9.32. The first-order valence-corrected chi connectivity index (χ1v) is 9.95. The van der Waals surface area contributed by atoms with Crippen LogP contribution in [0.1, 0.15) is 41.3 Å². The Labute approximate surface area is 172 Å². The number of furan rings is 1. The lowest BCUT2D eigenvalue weighted by Gasteiger charge is -2.22. The van der Waals surface area contributed by atoms with Crippen LogP contribution in [-0.2, 0) is 6.61 Å². The van der Waals surface area contributed by atoms with Crippen molar-refractivity contribution in [2.24, 2.45) is 0 Å². The van der Waals surface area contributed by atoms with E-state index >= 15 is 0 Å². The van der Waals surface area contributed by atoms with Crippen LogP contribution in [0.2, 0.25) is 0 Å². The lowest BCUT2D eigenvalue weighted by molar-refractivity contribution is 0.0992. The number of nitrogens with one attached hydrogen (secondary N) is 1. The van der Waals surface area contributed by atoms with Crippen molar-refractivity contribution in [3.8, 4) is 5.75 Å². The average molecular weight is 392 g/mol. The number of nitrogens with zero attached hydrogens (tertiary/aromatic N) is 1. The minimum atomic E-state index is -0.273. The highest BCUT2D eigenvalue weighted by molar-refractivity contribution is 6.02. The lowest BCUT2D eigenvalue weighted by atomic mass is 10.1. The number of hydrogen-bond donors (Lipinski definition) is 1. The van der Waals surface area contributed by atoms with Crippen molar-refractivity contribution in [1.29, 1.82) is 0 Å². The van der Waals surface area contributed by atoms with Gasteiger partial charge in [-0.3, -0.25) is 4.79 Å². The molecule has 5 nitrogen and oxygen atoms in total. The topological polar surface area (TPSA) is 54.7 Å². The van der Waals surface area contributed by atoms with Crippen LogP contribution in [0.15, 0.2) is 59.0 Å². The van der Waals surface area contributed by atoms with Crippen LogP contribution in [0.4, 0.5) is 11.4 Å². The number of aryl methyl sites for hydroxylation is 2. The maximum Gasteiger partial charge on any atom is 0.291 e. The van der Waals surface area contributed by atoms with Crippen LogP contribution in [0.25, 0.3) is 0 Å². The van der Waals surface area contributed by atoms with Gasteiger partial charge in [0.25, 0.3) is 5.91 Å². The zero-order valence-corrected chi connectivity index (χ0v) is 17.5. The molecular weight excluding hydrogens is 364 g/mol. The quantitative estimate of drug-likeness (QED) is 0.544. The van der Waals surface area contributed by atoms with Gasteiger partial charge in [-0.1, -0.05) is 17.7 Å². The van der Waals surface area contributed by atoms with Crippen LogP contribution in [0, 0.1) is 13.8 Å². The molecule has 1 N–H and O–H groups in total. The Balaban J connectivity index is 1.62. The van der Waals surface area contributed by atoms with Crippen LogP contribution >= 0.6 is 0 Å². The summed E-state index contributed by atoms with van der Waals surface area (Å²) in [5, 5.41) is 2.93. The Morgan fingerprint density at radius 2 is 1.72 bits per heavy atom. The Bertz CT molecular complexity index is 957. The fourth-order valence-electron chi connectivity index (χ4n) is 3.12. The summed E-state index contributed by atoms with van der Waals surface area (Å²) in [4.78, 5) is 14.8. The van der Waals surface area contributed by atoms with E-state index in [4.69, 9.17) is 9.15 Å². The highest BCUT2D eigenvalue weighted by atomic mass is 16.5. The van der Waals surface area contributed by atoms with Crippen molar-refractivity contribution < 1.29 is 13.9 Å². The molecular formula is C24H28N2O3. The van der Waals surface area contributed by atoms with Crippen molar-refractivity contribution >= 4 is 17.3 Å². The second-order valence-electron chi connectivity index (χ2n) is 6.99. The molecule has 0 unspecified atom stereocenters. The minimum absolute atomic E-state index is 0.264. The number of carbonyl (C=O) groups excluding carboxylic acids is 1. The summed E-state index contributed by atoms with van der Waals surface area (Å²) >= 11 is 0. The Kier molecular flexibility index (Phi) is 6.60. The number of anilines is 2. The third-order valence-electron chi connectivity index (χ3n) is 4.87. The van der Waals surface area contributed by atoms with Gasteiger partial charge >= 0.3 is 0 Å². The van der Waals surface area contributed by atoms with Gasteiger partial charge < -0.3 is 19.4 Å². The van der Waals surface area contributed by atoms with Crippen molar-refractivity contribution in [3.05, 3.63) is 77.2 Å². The first-order chi connectivity index (χ1) is 14.0. The van der Waals surface area contributed by atoms with Crippen molar-refractivity contribution in [2.75, 3.05) is 23.3 Å². The molecule has 5 heteroatoms. The molecule has 0 spiro atoms. The molecule has 2 aromatic carbocycles. The number of ether oxygens (including phenoxy) is 1. The van der Waals surface area contributed by atoms with E-state index in [1.807, 2.05) is 50.2 Å². The maximum atomic E-state index is 12.6. The Hall–Kier alpha value is -3.21. The predicted octanol–water partition coefficient (Wildman–Crippen LogP) is 5.57. The zero-order valence-electron chi connectivity index (χ0n) is 17.5. The molecule has 1 heterocycles. The summed E-state index contributed by atoms with van der Waals surface area (Å²) in [6, 6.07) is 17.3. The highest BCUT2D eigenvalue weighted by Crippen LogP contribution is 2.23. The monoisotopic (exact) mass is 392 g/mol. The van der Waals surface area contributed by atoms with Crippen molar-refractivity contribution in [3.63, 3.8) is 0 Å². The number of rotatable bonds is 8. The molecule has 0 aliphatic heterocycles. The van der Waals surface area contributed by atoms with Gasteiger partial charge in [-0.25, -0.2) is 0 Å². The first-order valence-electron chi connectivity index (χ1n) is 9.95. The van der Waals surface area contributed by atoms with E-state index in [0.717, 1.165) is 35.8 Å². The Morgan fingerprint density at radius 3 is 2.38 bits per heavy atom. The summed E-state index contributed by atoms with van der Waals surface area (Å²) in [5.41, 5.74) is 4.12. The zero-order chi connectivity index (χ0) is 20.8. The van der Waals surface area contributed by atoms with Gasteiger partial charge in [0.15, 0.2) is 5.76 Å². The minimum Gasteiger partial charge on any atom is -0.486 e. The van der Waals surface area contributed by atoms with Crippen molar-refractivity contribution in [1.82, 2.24) is 0 Å². The van der Waals surface area contributed by atoms with Gasteiger partial charge in [-0.05, 0) is 75.7 Å². The molecule has 0 aliphatic rings. The molecule has 1 amide bonds. The second-order valence-corrected chi connectivity index (χ2v) is 6.99. The fourth-order valence-corrected chi connectivity index (χ4v) is 3.12. The molecule has 0 saturated carbocycles. The molecule has 0 fully saturated rings. The summed E-state index contributed by atoms with van der Waals surface area (Å²) in [6.07, 6.45) is 0. The summed E-state index contributed by atoms with van der Waals surface area (Å²) in [7, 11) is 0. The highest BCUT2D eigenvalue weighted by Gasteiger charge is 2.14. The van der Waals surface area contributed by atoms with E-state index in [2.05, 4.69) is 30.1 Å². The lowest BCUT2D eigenvalue weighted by Crippen LogP contribution is -2.22. The van der Waals surface area contributed by atoms with Gasteiger partial charge in [0.1, 0.15) is 18.1 Å². The molecule has 0 aliphatic carbocycles. The molecule has 0 saturated heterocycles. The SMILES string of the molecule is CCN(CC)c1ccc(NC(=O)c2ccc(COc3ccc(C)cc3)o2)c(C)c1. The molecule has 0 bridgehead atoms. The van der Waals surface area contributed by atoms with Gasteiger partial charge in [-0.2, -0.15) is 0 Å². The van der Waals surface area contributed by atoms with E-state index < -0.39 is 0 Å². The van der Waals surface area contributed by atoms with Crippen LogP contribution < -0.4 is 15.0 Å². The maximum absolute atomic E-state index is 12.6. The van der Waals surface area contributed by atoms with Crippen molar-refractivity contribution in [2.45, 2.75) is 34.3 Å². The van der Waals surface area contributed by atoms with E-state index in [-0.39, 0.29) is 18.3 Å². The first kappa shape index (κ1) is 20.5. The summed E-state index contributed by atoms with van der Waals surface area (Å²) in [5.74, 6) is 1.36. The number of carbonyl (C=O) groups is 1. The number of benzene rings is 2. The number of amides is 1. The molecule has 0 atom stereocenters. The van der Waals surface area contributed by atoms with Crippen LogP contribution in [0.5, 0.6) is 5.75 Å². The molecule has 3 rings (SSSR count). The summed E-state index contributed by atoms with van der Waals surface area (Å²) < 4.78 is 11.4. The predicted molar refractivity (Wildman–Crippen MR) is 117 cm³/mol. The third kappa shape index (κ3) is 5.19. The largest absolute Gasteiger partial charge is 0.486 e. The average Bonchev–Trinajstić information content (AvgIpc) is 3.20. The normalized spacial score (nSPS) is 10.6. The standard InChI is InChI=1S/C24H28N2O3/c1-5-26(6-2)19-9-13-22(18(4)15-19)25-24(27)23-14-12-21(29-23)16-28-20-10-7-17(3)8-11-20/h7-15H,5-6,16H2,1-4H3,(H,25,27). The van der Waals surface area contributed by atoms with E-state index in [1.54, 1.807) is 12.1 Å². The van der Waals surface area contributed by atoms with E-state index in [0.29, 0.717) is 5.76 Å². The molecule has 29 heavy (non-hydrogen) atoms. The molecule has 0 radical (unpaired) electrons.